The van der Waals surface area contributed by atoms with Gasteiger partial charge in [0.1, 0.15) is 6.04 Å². The predicted molar refractivity (Wildman–Crippen MR) is 91.2 cm³/mol. The molecule has 0 radical (unpaired) electrons. The van der Waals surface area contributed by atoms with Crippen LogP contribution in [0.5, 0.6) is 0 Å². The summed E-state index contributed by atoms with van der Waals surface area (Å²) in [4.78, 5) is 12.6. The predicted octanol–water partition coefficient (Wildman–Crippen LogP) is 3.07. The number of carbonyl (C=O) groups excluding carboxylic acids is 1. The molecule has 122 valence electrons. The van der Waals surface area contributed by atoms with E-state index in [4.69, 9.17) is 0 Å². The van der Waals surface area contributed by atoms with Crippen LogP contribution in [-0.2, 0) is 10.3 Å². The Morgan fingerprint density at radius 2 is 1.96 bits per heavy atom. The molecule has 0 bridgehead atoms. The third kappa shape index (κ3) is 3.92. The SMILES string of the molecule is CC(C)(C)n1cc(N[C@@H](C(=O)NC2CC2)c2ccccc2)cn1. The van der Waals surface area contributed by atoms with Crippen molar-refractivity contribution in [1.29, 1.82) is 0 Å². The molecule has 1 aromatic heterocycles. The van der Waals surface area contributed by atoms with Gasteiger partial charge in [-0.15, -0.1) is 0 Å². The van der Waals surface area contributed by atoms with E-state index in [1.165, 1.54) is 0 Å². The van der Waals surface area contributed by atoms with Crippen LogP contribution in [0.25, 0.3) is 0 Å². The van der Waals surface area contributed by atoms with E-state index in [1.807, 2.05) is 41.2 Å². The molecule has 1 atom stereocenters. The van der Waals surface area contributed by atoms with Crippen molar-refractivity contribution >= 4 is 11.6 Å². The Kier molecular flexibility index (Phi) is 4.11. The molecular formula is C18H24N4O. The van der Waals surface area contributed by atoms with Crippen LogP contribution in [-0.4, -0.2) is 21.7 Å². The van der Waals surface area contributed by atoms with Crippen LogP contribution in [0.15, 0.2) is 42.7 Å². The molecule has 0 saturated heterocycles. The van der Waals surface area contributed by atoms with Gasteiger partial charge in [-0.2, -0.15) is 5.10 Å². The molecule has 1 aliphatic carbocycles. The molecule has 0 unspecified atom stereocenters. The van der Waals surface area contributed by atoms with E-state index in [9.17, 15) is 4.79 Å². The number of carbonyl (C=O) groups is 1. The second-order valence-electron chi connectivity index (χ2n) is 7.12. The van der Waals surface area contributed by atoms with Gasteiger partial charge in [0.2, 0.25) is 5.91 Å². The number of hydrogen-bond acceptors (Lipinski definition) is 3. The number of hydrogen-bond donors (Lipinski definition) is 2. The van der Waals surface area contributed by atoms with Crippen molar-refractivity contribution in [3.63, 3.8) is 0 Å². The average molecular weight is 312 g/mol. The second kappa shape index (κ2) is 6.07. The Hall–Kier alpha value is -2.30. The Balaban J connectivity index is 1.80. The molecular weight excluding hydrogens is 288 g/mol. The number of benzene rings is 1. The fourth-order valence-electron chi connectivity index (χ4n) is 2.39. The van der Waals surface area contributed by atoms with Crippen LogP contribution >= 0.6 is 0 Å². The molecule has 0 spiro atoms. The van der Waals surface area contributed by atoms with E-state index in [-0.39, 0.29) is 11.4 Å². The average Bonchev–Trinajstić information content (AvgIpc) is 3.18. The van der Waals surface area contributed by atoms with E-state index in [0.29, 0.717) is 6.04 Å². The number of nitrogens with one attached hydrogen (secondary N) is 2. The monoisotopic (exact) mass is 312 g/mol. The van der Waals surface area contributed by atoms with Gasteiger partial charge in [0, 0.05) is 12.2 Å². The molecule has 1 aromatic carbocycles. The van der Waals surface area contributed by atoms with E-state index in [1.54, 1.807) is 6.20 Å². The Bertz CT molecular complexity index is 668. The minimum atomic E-state index is -0.408. The number of anilines is 1. The fraction of sp³-hybridized carbons (Fsp3) is 0.444. The summed E-state index contributed by atoms with van der Waals surface area (Å²) in [7, 11) is 0. The van der Waals surface area contributed by atoms with Crippen LogP contribution in [0.4, 0.5) is 5.69 Å². The molecule has 3 rings (SSSR count). The first-order chi connectivity index (χ1) is 10.9. The van der Waals surface area contributed by atoms with Crippen LogP contribution in [0.3, 0.4) is 0 Å². The van der Waals surface area contributed by atoms with Crippen LogP contribution in [0.2, 0.25) is 0 Å². The molecule has 1 saturated carbocycles. The molecule has 23 heavy (non-hydrogen) atoms. The molecule has 1 fully saturated rings. The van der Waals surface area contributed by atoms with E-state index in [0.717, 1.165) is 24.1 Å². The second-order valence-corrected chi connectivity index (χ2v) is 7.12. The maximum atomic E-state index is 12.6. The van der Waals surface area contributed by atoms with Crippen molar-refractivity contribution in [3.8, 4) is 0 Å². The Morgan fingerprint density at radius 3 is 2.52 bits per heavy atom. The number of rotatable bonds is 5. The standard InChI is InChI=1S/C18H24N4O/c1-18(2,3)22-12-15(11-19-22)20-16(13-7-5-4-6-8-13)17(23)21-14-9-10-14/h4-8,11-12,14,16,20H,9-10H2,1-3H3,(H,21,23)/t16-/m1/s1. The molecule has 1 amide bonds. The highest BCUT2D eigenvalue weighted by molar-refractivity contribution is 5.86. The summed E-state index contributed by atoms with van der Waals surface area (Å²) in [5, 5.41) is 10.8. The summed E-state index contributed by atoms with van der Waals surface area (Å²) in [5.74, 6) is 0.0159. The number of amides is 1. The van der Waals surface area contributed by atoms with E-state index >= 15 is 0 Å². The molecule has 2 N–H and O–H groups in total. The maximum Gasteiger partial charge on any atom is 0.247 e. The van der Waals surface area contributed by atoms with Gasteiger partial charge in [0.05, 0.1) is 17.4 Å². The first-order valence-corrected chi connectivity index (χ1v) is 8.10. The number of aromatic nitrogens is 2. The van der Waals surface area contributed by atoms with E-state index in [2.05, 4.69) is 36.5 Å². The summed E-state index contributed by atoms with van der Waals surface area (Å²) < 4.78 is 1.90. The highest BCUT2D eigenvalue weighted by Crippen LogP contribution is 2.24. The van der Waals surface area contributed by atoms with Crippen molar-refractivity contribution in [2.45, 2.75) is 51.2 Å². The highest BCUT2D eigenvalue weighted by Gasteiger charge is 2.28. The largest absolute Gasteiger partial charge is 0.368 e. The van der Waals surface area contributed by atoms with Crippen LogP contribution < -0.4 is 10.6 Å². The lowest BCUT2D eigenvalue weighted by Gasteiger charge is -2.20. The normalized spacial score (nSPS) is 16.0. The lowest BCUT2D eigenvalue weighted by molar-refractivity contribution is -0.122. The van der Waals surface area contributed by atoms with Crippen molar-refractivity contribution in [2.75, 3.05) is 5.32 Å². The fourth-order valence-corrected chi connectivity index (χ4v) is 2.39. The summed E-state index contributed by atoms with van der Waals surface area (Å²) >= 11 is 0. The zero-order chi connectivity index (χ0) is 16.4. The number of nitrogens with zero attached hydrogens (tertiary/aromatic N) is 2. The first-order valence-electron chi connectivity index (χ1n) is 8.10. The Labute approximate surface area is 137 Å². The quantitative estimate of drug-likeness (QED) is 0.892. The van der Waals surface area contributed by atoms with Gasteiger partial charge in [-0.3, -0.25) is 9.48 Å². The van der Waals surface area contributed by atoms with Crippen molar-refractivity contribution < 1.29 is 4.79 Å². The first kappa shape index (κ1) is 15.6. The molecule has 2 aromatic rings. The topological polar surface area (TPSA) is 59.0 Å². The summed E-state index contributed by atoms with van der Waals surface area (Å²) in [6.45, 7) is 6.29. The zero-order valence-corrected chi connectivity index (χ0v) is 13.9. The van der Waals surface area contributed by atoms with Gasteiger partial charge in [-0.05, 0) is 39.2 Å². The lowest BCUT2D eigenvalue weighted by Crippen LogP contribution is -2.34. The molecule has 0 aliphatic heterocycles. The Morgan fingerprint density at radius 1 is 1.26 bits per heavy atom. The highest BCUT2D eigenvalue weighted by atomic mass is 16.2. The van der Waals surface area contributed by atoms with Crippen LogP contribution in [0.1, 0.15) is 45.2 Å². The van der Waals surface area contributed by atoms with Gasteiger partial charge in [0.15, 0.2) is 0 Å². The third-order valence-corrected chi connectivity index (χ3v) is 3.90. The van der Waals surface area contributed by atoms with Gasteiger partial charge in [0.25, 0.3) is 0 Å². The van der Waals surface area contributed by atoms with Crippen molar-refractivity contribution in [3.05, 3.63) is 48.3 Å². The maximum absolute atomic E-state index is 12.6. The summed E-state index contributed by atoms with van der Waals surface area (Å²) in [6, 6.07) is 9.73. The summed E-state index contributed by atoms with van der Waals surface area (Å²) in [5.41, 5.74) is 1.72. The van der Waals surface area contributed by atoms with Gasteiger partial charge < -0.3 is 10.6 Å². The lowest BCUT2D eigenvalue weighted by atomic mass is 10.1. The molecule has 1 heterocycles. The van der Waals surface area contributed by atoms with Gasteiger partial charge in [-0.25, -0.2) is 0 Å². The van der Waals surface area contributed by atoms with Gasteiger partial charge >= 0.3 is 0 Å². The molecule has 5 heteroatoms. The van der Waals surface area contributed by atoms with Crippen molar-refractivity contribution in [1.82, 2.24) is 15.1 Å². The summed E-state index contributed by atoms with van der Waals surface area (Å²) in [6.07, 6.45) is 5.87. The molecule has 5 nitrogen and oxygen atoms in total. The zero-order valence-electron chi connectivity index (χ0n) is 13.9. The molecule has 1 aliphatic rings. The minimum absolute atomic E-state index is 0.0159. The van der Waals surface area contributed by atoms with Crippen LogP contribution in [0, 0.1) is 0 Å². The van der Waals surface area contributed by atoms with Gasteiger partial charge in [-0.1, -0.05) is 30.3 Å². The minimum Gasteiger partial charge on any atom is -0.368 e. The smallest absolute Gasteiger partial charge is 0.247 e. The van der Waals surface area contributed by atoms with E-state index < -0.39 is 6.04 Å². The van der Waals surface area contributed by atoms with Crippen molar-refractivity contribution in [2.24, 2.45) is 0 Å². The third-order valence-electron chi connectivity index (χ3n) is 3.90.